The van der Waals surface area contributed by atoms with Gasteiger partial charge in [0.2, 0.25) is 5.91 Å². The summed E-state index contributed by atoms with van der Waals surface area (Å²) < 4.78 is 18.7. The lowest BCUT2D eigenvalue weighted by molar-refractivity contribution is -0.121. The van der Waals surface area contributed by atoms with Gasteiger partial charge in [0.05, 0.1) is 13.7 Å². The molecule has 150 valence electrons. The molecule has 0 bridgehead atoms. The Kier molecular flexibility index (Phi) is 8.03. The van der Waals surface area contributed by atoms with E-state index in [0.29, 0.717) is 19.0 Å². The zero-order valence-electron chi connectivity index (χ0n) is 16.4. The molecule has 1 aromatic carbocycles. The van der Waals surface area contributed by atoms with Crippen LogP contribution in [0.15, 0.2) is 18.2 Å². The number of imide groups is 1. The van der Waals surface area contributed by atoms with Gasteiger partial charge in [-0.05, 0) is 43.0 Å². The average Bonchev–Trinajstić information content (AvgIpc) is 2.63. The molecular formula is C20H30FN3O3. The Morgan fingerprint density at radius 1 is 1.30 bits per heavy atom. The molecule has 2 N–H and O–H groups in total. The number of rotatable bonds is 7. The summed E-state index contributed by atoms with van der Waals surface area (Å²) in [4.78, 5) is 26.1. The minimum absolute atomic E-state index is 0.0673. The summed E-state index contributed by atoms with van der Waals surface area (Å²) in [7, 11) is 1.42. The highest BCUT2D eigenvalue weighted by molar-refractivity contribution is 5.95. The van der Waals surface area contributed by atoms with Gasteiger partial charge >= 0.3 is 6.03 Å². The van der Waals surface area contributed by atoms with Gasteiger partial charge in [0.15, 0.2) is 11.6 Å². The Bertz CT molecular complexity index is 653. The molecule has 0 aliphatic heterocycles. The second kappa shape index (κ2) is 10.3. The van der Waals surface area contributed by atoms with Crippen LogP contribution in [-0.2, 0) is 11.3 Å². The normalized spacial score (nSPS) is 19.6. The lowest BCUT2D eigenvalue weighted by atomic mass is 9.86. The number of benzene rings is 1. The first kappa shape index (κ1) is 21.2. The third kappa shape index (κ3) is 6.50. The van der Waals surface area contributed by atoms with E-state index in [1.165, 1.54) is 19.6 Å². The van der Waals surface area contributed by atoms with Crippen molar-refractivity contribution < 1.29 is 18.7 Å². The second-order valence-corrected chi connectivity index (χ2v) is 7.16. The maximum atomic E-state index is 13.8. The van der Waals surface area contributed by atoms with Crippen LogP contribution < -0.4 is 15.4 Å². The van der Waals surface area contributed by atoms with Crippen molar-refractivity contribution in [1.29, 1.82) is 0 Å². The molecule has 0 heterocycles. The number of ether oxygens (including phenoxy) is 1. The summed E-state index contributed by atoms with van der Waals surface area (Å²) in [5.41, 5.74) is 0.739. The van der Waals surface area contributed by atoms with Crippen molar-refractivity contribution in [1.82, 2.24) is 15.5 Å². The van der Waals surface area contributed by atoms with Crippen LogP contribution in [0.5, 0.6) is 5.75 Å². The first-order valence-electron chi connectivity index (χ1n) is 9.58. The maximum absolute atomic E-state index is 13.8. The fraction of sp³-hybridized carbons (Fsp3) is 0.600. The van der Waals surface area contributed by atoms with E-state index in [0.717, 1.165) is 24.8 Å². The number of hydrogen-bond donors (Lipinski definition) is 2. The fourth-order valence-corrected chi connectivity index (χ4v) is 3.45. The second-order valence-electron chi connectivity index (χ2n) is 7.16. The first-order chi connectivity index (χ1) is 12.9. The molecule has 2 unspecified atom stereocenters. The van der Waals surface area contributed by atoms with E-state index in [1.54, 1.807) is 12.1 Å². The molecular weight excluding hydrogens is 349 g/mol. The number of carbonyl (C=O) groups is 2. The molecule has 2 atom stereocenters. The average molecular weight is 379 g/mol. The zero-order valence-corrected chi connectivity index (χ0v) is 16.4. The summed E-state index contributed by atoms with van der Waals surface area (Å²) in [6.07, 6.45) is 4.34. The summed E-state index contributed by atoms with van der Waals surface area (Å²) in [5, 5.41) is 5.31. The largest absolute Gasteiger partial charge is 0.494 e. The van der Waals surface area contributed by atoms with Gasteiger partial charge < -0.3 is 10.1 Å². The van der Waals surface area contributed by atoms with E-state index in [9.17, 15) is 14.0 Å². The molecule has 1 fully saturated rings. The van der Waals surface area contributed by atoms with Crippen LogP contribution in [-0.4, -0.2) is 43.1 Å². The van der Waals surface area contributed by atoms with Gasteiger partial charge in [-0.3, -0.25) is 15.0 Å². The standard InChI is InChI=1S/C20H30FN3O3/c1-4-24(12-15-9-10-18(27-3)16(21)11-15)13-19(25)23-20(26)22-17-8-6-5-7-14(17)2/h9-11,14,17H,4-8,12-13H2,1-3H3,(H2,22,23,25,26). The lowest BCUT2D eigenvalue weighted by Crippen LogP contribution is -2.49. The van der Waals surface area contributed by atoms with E-state index in [1.807, 2.05) is 11.8 Å². The molecule has 6 nitrogen and oxygen atoms in total. The van der Waals surface area contributed by atoms with E-state index in [2.05, 4.69) is 17.6 Å². The van der Waals surface area contributed by atoms with Crippen molar-refractivity contribution in [2.75, 3.05) is 20.2 Å². The summed E-state index contributed by atoms with van der Waals surface area (Å²) >= 11 is 0. The molecule has 1 saturated carbocycles. The summed E-state index contributed by atoms with van der Waals surface area (Å²) in [6, 6.07) is 4.41. The number of methoxy groups -OCH3 is 1. The van der Waals surface area contributed by atoms with E-state index in [-0.39, 0.29) is 24.2 Å². The molecule has 27 heavy (non-hydrogen) atoms. The highest BCUT2D eigenvalue weighted by Crippen LogP contribution is 2.23. The Morgan fingerprint density at radius 2 is 2.04 bits per heavy atom. The molecule has 0 spiro atoms. The quantitative estimate of drug-likeness (QED) is 0.764. The summed E-state index contributed by atoms with van der Waals surface area (Å²) in [5.74, 6) is -0.187. The van der Waals surface area contributed by atoms with Crippen molar-refractivity contribution in [2.45, 2.75) is 52.1 Å². The van der Waals surface area contributed by atoms with Crippen LogP contribution in [0.25, 0.3) is 0 Å². The number of nitrogens with zero attached hydrogens (tertiary/aromatic N) is 1. The predicted molar refractivity (Wildman–Crippen MR) is 102 cm³/mol. The third-order valence-corrected chi connectivity index (χ3v) is 5.12. The minimum atomic E-state index is -0.440. The van der Waals surface area contributed by atoms with Gasteiger partial charge in [-0.15, -0.1) is 0 Å². The van der Waals surface area contributed by atoms with E-state index in [4.69, 9.17) is 4.74 Å². The Morgan fingerprint density at radius 3 is 2.67 bits per heavy atom. The Hall–Kier alpha value is -2.15. The fourth-order valence-electron chi connectivity index (χ4n) is 3.45. The van der Waals surface area contributed by atoms with Crippen molar-refractivity contribution >= 4 is 11.9 Å². The summed E-state index contributed by atoms with van der Waals surface area (Å²) in [6.45, 7) is 5.11. The maximum Gasteiger partial charge on any atom is 0.321 e. The lowest BCUT2D eigenvalue weighted by Gasteiger charge is -2.29. The van der Waals surface area contributed by atoms with Crippen LogP contribution in [0.4, 0.5) is 9.18 Å². The number of nitrogens with one attached hydrogen (secondary N) is 2. The van der Waals surface area contributed by atoms with Crippen LogP contribution in [0.2, 0.25) is 0 Å². The monoisotopic (exact) mass is 379 g/mol. The van der Waals surface area contributed by atoms with Crippen LogP contribution >= 0.6 is 0 Å². The van der Waals surface area contributed by atoms with Gasteiger partial charge in [-0.1, -0.05) is 32.8 Å². The molecule has 3 amide bonds. The topological polar surface area (TPSA) is 70.7 Å². The Balaban J connectivity index is 1.83. The molecule has 1 aliphatic rings. The molecule has 1 aromatic rings. The van der Waals surface area contributed by atoms with Crippen molar-refractivity contribution in [3.63, 3.8) is 0 Å². The van der Waals surface area contributed by atoms with Crippen molar-refractivity contribution in [3.05, 3.63) is 29.6 Å². The zero-order chi connectivity index (χ0) is 19.8. The number of likely N-dealkylation sites (N-methyl/N-ethyl adjacent to an activating group) is 1. The Labute approximate surface area is 160 Å². The molecule has 0 saturated heterocycles. The van der Waals surface area contributed by atoms with Gasteiger partial charge in [0, 0.05) is 12.6 Å². The number of halogens is 1. The highest BCUT2D eigenvalue weighted by atomic mass is 19.1. The highest BCUT2D eigenvalue weighted by Gasteiger charge is 2.23. The number of amides is 3. The molecule has 7 heteroatoms. The van der Waals surface area contributed by atoms with Crippen LogP contribution in [0.1, 0.15) is 45.1 Å². The third-order valence-electron chi connectivity index (χ3n) is 5.12. The molecule has 0 aromatic heterocycles. The van der Waals surface area contributed by atoms with Crippen LogP contribution in [0, 0.1) is 11.7 Å². The van der Waals surface area contributed by atoms with Crippen molar-refractivity contribution in [3.8, 4) is 5.75 Å². The SMILES string of the molecule is CCN(CC(=O)NC(=O)NC1CCCCC1C)Cc1ccc(OC)c(F)c1. The van der Waals surface area contributed by atoms with Crippen molar-refractivity contribution in [2.24, 2.45) is 5.92 Å². The molecule has 2 rings (SSSR count). The molecule has 0 radical (unpaired) electrons. The van der Waals surface area contributed by atoms with Gasteiger partial charge in [-0.2, -0.15) is 0 Å². The number of hydrogen-bond acceptors (Lipinski definition) is 4. The number of carbonyl (C=O) groups excluding carboxylic acids is 2. The van der Waals surface area contributed by atoms with Crippen LogP contribution in [0.3, 0.4) is 0 Å². The van der Waals surface area contributed by atoms with Gasteiger partial charge in [0.1, 0.15) is 0 Å². The van der Waals surface area contributed by atoms with Gasteiger partial charge in [-0.25, -0.2) is 9.18 Å². The van der Waals surface area contributed by atoms with Gasteiger partial charge in [0.25, 0.3) is 0 Å². The predicted octanol–water partition coefficient (Wildman–Crippen LogP) is 3.06. The minimum Gasteiger partial charge on any atom is -0.494 e. The van der Waals surface area contributed by atoms with E-state index < -0.39 is 11.8 Å². The first-order valence-corrected chi connectivity index (χ1v) is 9.58. The molecule has 1 aliphatic carbocycles. The smallest absolute Gasteiger partial charge is 0.321 e. The van der Waals surface area contributed by atoms with E-state index >= 15 is 0 Å². The number of urea groups is 1.